The molecule has 0 unspecified atom stereocenters. The summed E-state index contributed by atoms with van der Waals surface area (Å²) in [4.78, 5) is 11.7. The number of esters is 1. The van der Waals surface area contributed by atoms with Gasteiger partial charge >= 0.3 is 5.97 Å². The van der Waals surface area contributed by atoms with E-state index in [0.29, 0.717) is 17.3 Å². The summed E-state index contributed by atoms with van der Waals surface area (Å²) >= 11 is 5.36. The van der Waals surface area contributed by atoms with Crippen molar-refractivity contribution in [3.05, 3.63) is 41.0 Å². The van der Waals surface area contributed by atoms with E-state index in [-0.39, 0.29) is 5.97 Å². The van der Waals surface area contributed by atoms with Gasteiger partial charge in [-0.25, -0.2) is 4.79 Å². The number of aryl methyl sites for hydroxylation is 1. The van der Waals surface area contributed by atoms with Gasteiger partial charge in [-0.2, -0.15) is 0 Å². The van der Waals surface area contributed by atoms with E-state index in [1.807, 2.05) is 19.1 Å². The number of ether oxygens (including phenoxy) is 1. The number of rotatable bonds is 6. The molecular formula is C19H26N2O2S. The predicted octanol–water partition coefficient (Wildman–Crippen LogP) is 4.35. The first-order chi connectivity index (χ1) is 11.6. The minimum absolute atomic E-state index is 0.298. The number of carbonyl (C=O) groups excluding carboxylic acids is 1. The Bertz CT molecular complexity index is 626. The Morgan fingerprint density at radius 3 is 2.83 bits per heavy atom. The highest BCUT2D eigenvalue weighted by Crippen LogP contribution is 2.20. The molecule has 1 aliphatic rings. The largest absolute Gasteiger partial charge is 0.462 e. The van der Waals surface area contributed by atoms with Gasteiger partial charge in [0, 0.05) is 12.2 Å². The van der Waals surface area contributed by atoms with Crippen LogP contribution in [0.3, 0.4) is 0 Å². The molecule has 130 valence electrons. The van der Waals surface area contributed by atoms with Crippen LogP contribution in [0.4, 0.5) is 5.69 Å². The number of nitrogens with one attached hydrogen (secondary N) is 2. The van der Waals surface area contributed by atoms with Gasteiger partial charge in [0.1, 0.15) is 0 Å². The normalized spacial score (nSPS) is 13.8. The molecule has 1 aliphatic carbocycles. The molecule has 0 spiro atoms. The average molecular weight is 346 g/mol. The van der Waals surface area contributed by atoms with Crippen LogP contribution in [0.5, 0.6) is 0 Å². The van der Waals surface area contributed by atoms with Crippen LogP contribution in [-0.2, 0) is 4.74 Å². The molecule has 0 saturated heterocycles. The Hall–Kier alpha value is -1.88. The molecule has 5 heteroatoms. The second-order valence-electron chi connectivity index (χ2n) is 5.99. The highest BCUT2D eigenvalue weighted by Gasteiger charge is 2.09. The lowest BCUT2D eigenvalue weighted by atomic mass is 9.97. The van der Waals surface area contributed by atoms with E-state index < -0.39 is 0 Å². The Morgan fingerprint density at radius 2 is 2.17 bits per heavy atom. The molecule has 2 rings (SSSR count). The van der Waals surface area contributed by atoms with Crippen molar-refractivity contribution < 1.29 is 9.53 Å². The first-order valence-corrected chi connectivity index (χ1v) is 9.01. The minimum Gasteiger partial charge on any atom is -0.462 e. The molecular weight excluding hydrogens is 320 g/mol. The Labute approximate surface area is 149 Å². The maximum atomic E-state index is 11.7. The summed E-state index contributed by atoms with van der Waals surface area (Å²) in [6.45, 7) is 4.97. The van der Waals surface area contributed by atoms with Gasteiger partial charge in [-0.3, -0.25) is 0 Å². The van der Waals surface area contributed by atoms with Crippen LogP contribution in [0.2, 0.25) is 0 Å². The van der Waals surface area contributed by atoms with E-state index in [2.05, 4.69) is 16.7 Å². The molecule has 0 amide bonds. The lowest BCUT2D eigenvalue weighted by Crippen LogP contribution is -2.29. The second-order valence-corrected chi connectivity index (χ2v) is 6.40. The molecule has 0 atom stereocenters. The zero-order valence-corrected chi connectivity index (χ0v) is 15.3. The van der Waals surface area contributed by atoms with Crippen LogP contribution in [0.1, 0.15) is 54.9 Å². The van der Waals surface area contributed by atoms with E-state index >= 15 is 0 Å². The van der Waals surface area contributed by atoms with Crippen molar-refractivity contribution in [1.29, 1.82) is 0 Å². The molecule has 0 aromatic heterocycles. The summed E-state index contributed by atoms with van der Waals surface area (Å²) in [6.07, 6.45) is 8.46. The SMILES string of the molecule is CCOC(=O)c1ccc(NC(=S)NCCC2=CCCCC2)c(C)c1. The third kappa shape index (κ3) is 5.64. The van der Waals surface area contributed by atoms with Gasteiger partial charge in [-0.15, -0.1) is 0 Å². The Balaban J connectivity index is 1.82. The minimum atomic E-state index is -0.298. The number of allylic oxidation sites excluding steroid dienone is 1. The molecule has 0 bridgehead atoms. The van der Waals surface area contributed by atoms with Crippen LogP contribution >= 0.6 is 12.2 Å². The molecule has 24 heavy (non-hydrogen) atoms. The number of hydrogen-bond acceptors (Lipinski definition) is 3. The van der Waals surface area contributed by atoms with Crippen molar-refractivity contribution in [2.45, 2.75) is 46.0 Å². The number of anilines is 1. The summed E-state index contributed by atoms with van der Waals surface area (Å²) in [5, 5.41) is 7.06. The van der Waals surface area contributed by atoms with Crippen LogP contribution < -0.4 is 10.6 Å². The monoisotopic (exact) mass is 346 g/mol. The van der Waals surface area contributed by atoms with Gasteiger partial charge in [0.15, 0.2) is 5.11 Å². The Kier molecular flexibility index (Phi) is 7.25. The van der Waals surface area contributed by atoms with Gasteiger partial charge in [0.25, 0.3) is 0 Å². The molecule has 0 fully saturated rings. The molecule has 2 N–H and O–H groups in total. The number of thiocarbonyl (C=S) groups is 1. The van der Waals surface area contributed by atoms with Crippen molar-refractivity contribution in [2.75, 3.05) is 18.5 Å². The first-order valence-electron chi connectivity index (χ1n) is 8.60. The van der Waals surface area contributed by atoms with Crippen molar-refractivity contribution >= 4 is 29.0 Å². The summed E-state index contributed by atoms with van der Waals surface area (Å²) in [5.74, 6) is -0.298. The smallest absolute Gasteiger partial charge is 0.338 e. The van der Waals surface area contributed by atoms with Crippen molar-refractivity contribution in [1.82, 2.24) is 5.32 Å². The lowest BCUT2D eigenvalue weighted by Gasteiger charge is -2.15. The van der Waals surface area contributed by atoms with Crippen LogP contribution in [0.25, 0.3) is 0 Å². The van der Waals surface area contributed by atoms with E-state index in [1.54, 1.807) is 13.0 Å². The molecule has 1 aromatic carbocycles. The van der Waals surface area contributed by atoms with E-state index in [1.165, 1.54) is 31.3 Å². The van der Waals surface area contributed by atoms with Crippen molar-refractivity contribution in [3.63, 3.8) is 0 Å². The van der Waals surface area contributed by atoms with Crippen molar-refractivity contribution in [3.8, 4) is 0 Å². The maximum absolute atomic E-state index is 11.7. The summed E-state index contributed by atoms with van der Waals surface area (Å²) in [6, 6.07) is 5.43. The highest BCUT2D eigenvalue weighted by atomic mass is 32.1. The van der Waals surface area contributed by atoms with Gasteiger partial charge < -0.3 is 15.4 Å². The van der Waals surface area contributed by atoms with Crippen LogP contribution in [0.15, 0.2) is 29.8 Å². The quantitative estimate of drug-likeness (QED) is 0.456. The van der Waals surface area contributed by atoms with Crippen LogP contribution in [-0.4, -0.2) is 24.2 Å². The lowest BCUT2D eigenvalue weighted by molar-refractivity contribution is 0.0526. The number of benzene rings is 1. The van der Waals surface area contributed by atoms with E-state index in [4.69, 9.17) is 17.0 Å². The molecule has 0 radical (unpaired) electrons. The third-order valence-electron chi connectivity index (χ3n) is 4.10. The fraction of sp³-hybridized carbons (Fsp3) is 0.474. The van der Waals surface area contributed by atoms with Gasteiger partial charge in [0.05, 0.1) is 12.2 Å². The van der Waals surface area contributed by atoms with E-state index in [9.17, 15) is 4.79 Å². The summed E-state index contributed by atoms with van der Waals surface area (Å²) in [5.41, 5.74) is 3.95. The molecule has 0 saturated carbocycles. The first kappa shape index (κ1) is 18.5. The van der Waals surface area contributed by atoms with Gasteiger partial charge in [-0.1, -0.05) is 11.6 Å². The van der Waals surface area contributed by atoms with Gasteiger partial charge in [0.2, 0.25) is 0 Å². The molecule has 0 aliphatic heterocycles. The maximum Gasteiger partial charge on any atom is 0.338 e. The average Bonchev–Trinajstić information content (AvgIpc) is 2.58. The standard InChI is InChI=1S/C19H26N2O2S/c1-3-23-18(22)16-9-10-17(14(2)13-16)21-19(24)20-12-11-15-7-5-4-6-8-15/h7,9-10,13H,3-6,8,11-12H2,1-2H3,(H2,20,21,24). The fourth-order valence-electron chi connectivity index (χ4n) is 2.78. The zero-order chi connectivity index (χ0) is 17.4. The van der Waals surface area contributed by atoms with Crippen LogP contribution in [0, 0.1) is 6.92 Å². The molecule has 4 nitrogen and oxygen atoms in total. The fourth-order valence-corrected chi connectivity index (χ4v) is 2.99. The summed E-state index contributed by atoms with van der Waals surface area (Å²) in [7, 11) is 0. The molecule has 0 heterocycles. The van der Waals surface area contributed by atoms with Crippen molar-refractivity contribution in [2.24, 2.45) is 0 Å². The predicted molar refractivity (Wildman–Crippen MR) is 103 cm³/mol. The molecule has 1 aromatic rings. The number of carbonyl (C=O) groups is 1. The topological polar surface area (TPSA) is 50.4 Å². The van der Waals surface area contributed by atoms with E-state index in [0.717, 1.165) is 24.2 Å². The second kappa shape index (κ2) is 9.42. The van der Waals surface area contributed by atoms with Gasteiger partial charge in [-0.05, 0) is 81.9 Å². The zero-order valence-electron chi connectivity index (χ0n) is 14.5. The number of hydrogen-bond donors (Lipinski definition) is 2. The summed E-state index contributed by atoms with van der Waals surface area (Å²) < 4.78 is 5.01. The highest BCUT2D eigenvalue weighted by molar-refractivity contribution is 7.80. The Morgan fingerprint density at radius 1 is 1.33 bits per heavy atom. The third-order valence-corrected chi connectivity index (χ3v) is 4.35.